The van der Waals surface area contributed by atoms with Crippen LogP contribution in [0.2, 0.25) is 0 Å². The quantitative estimate of drug-likeness (QED) is 0.882. The minimum atomic E-state index is -3.01. The zero-order valence-corrected chi connectivity index (χ0v) is 12.3. The number of hydrogen-bond donors (Lipinski definition) is 2. The Hall–Kier alpha value is -1.76. The summed E-state index contributed by atoms with van der Waals surface area (Å²) >= 11 is 0. The van der Waals surface area contributed by atoms with E-state index < -0.39 is 35.5 Å². The molecule has 1 amide bonds. The Morgan fingerprint density at radius 3 is 2.24 bits per heavy atom. The van der Waals surface area contributed by atoms with Gasteiger partial charge in [-0.05, 0) is 39.8 Å². The second kappa shape index (κ2) is 6.34. The first-order chi connectivity index (χ1) is 9.51. The number of carbonyl (C=O) groups excluding carboxylic acids is 1. The van der Waals surface area contributed by atoms with Gasteiger partial charge in [0.2, 0.25) is 0 Å². The van der Waals surface area contributed by atoms with Crippen molar-refractivity contribution in [3.05, 3.63) is 29.1 Å². The van der Waals surface area contributed by atoms with Gasteiger partial charge in [0.15, 0.2) is 0 Å². The van der Waals surface area contributed by atoms with Crippen LogP contribution in [0, 0.1) is 5.82 Å². The van der Waals surface area contributed by atoms with Gasteiger partial charge in [0, 0.05) is 17.3 Å². The zero-order chi connectivity index (χ0) is 16.4. The van der Waals surface area contributed by atoms with Gasteiger partial charge in [-0.2, -0.15) is 0 Å². The highest BCUT2D eigenvalue weighted by atomic mass is 19.3. The summed E-state index contributed by atoms with van der Waals surface area (Å²) in [6.07, 6.45) is -3.83. The van der Waals surface area contributed by atoms with Gasteiger partial charge in [0.25, 0.3) is 6.43 Å². The fourth-order valence-corrected chi connectivity index (χ4v) is 1.65. The summed E-state index contributed by atoms with van der Waals surface area (Å²) in [5, 5.41) is 2.30. The molecule has 0 fully saturated rings. The summed E-state index contributed by atoms with van der Waals surface area (Å²) in [7, 11) is 0. The molecule has 0 aromatic heterocycles. The molecule has 1 aromatic rings. The Labute approximate surface area is 121 Å². The van der Waals surface area contributed by atoms with E-state index in [0.717, 1.165) is 6.07 Å². The third-order valence-electron chi connectivity index (χ3n) is 2.50. The van der Waals surface area contributed by atoms with Crippen molar-refractivity contribution >= 4 is 11.8 Å². The van der Waals surface area contributed by atoms with Crippen LogP contribution in [-0.4, -0.2) is 11.7 Å². The highest BCUT2D eigenvalue weighted by molar-refractivity contribution is 5.85. The second-order valence-corrected chi connectivity index (χ2v) is 5.68. The van der Waals surface area contributed by atoms with Crippen molar-refractivity contribution in [3.8, 4) is 0 Å². The van der Waals surface area contributed by atoms with Crippen LogP contribution in [0.25, 0.3) is 0 Å². The first-order valence-electron chi connectivity index (χ1n) is 6.38. The van der Waals surface area contributed by atoms with Gasteiger partial charge in [-0.25, -0.2) is 18.0 Å². The van der Waals surface area contributed by atoms with Crippen LogP contribution in [0.3, 0.4) is 0 Å². The molecular formula is C14H19F3N2O2. The summed E-state index contributed by atoms with van der Waals surface area (Å²) in [6.45, 7) is 6.45. The summed E-state index contributed by atoms with van der Waals surface area (Å²) in [6, 6.07) is 1.30. The van der Waals surface area contributed by atoms with Crippen LogP contribution in [0.15, 0.2) is 12.1 Å². The fraction of sp³-hybridized carbons (Fsp3) is 0.500. The number of hydrogen-bond acceptors (Lipinski definition) is 3. The average molecular weight is 304 g/mol. The SMILES string of the molecule is CC(N)c1cc(NC(=O)OC(C)(C)C)cc(C(F)F)c1F. The van der Waals surface area contributed by atoms with E-state index in [2.05, 4.69) is 5.32 Å². The lowest BCUT2D eigenvalue weighted by Gasteiger charge is -2.20. The van der Waals surface area contributed by atoms with E-state index in [4.69, 9.17) is 10.5 Å². The van der Waals surface area contributed by atoms with Gasteiger partial charge < -0.3 is 10.5 Å². The Balaban J connectivity index is 3.11. The summed E-state index contributed by atoms with van der Waals surface area (Å²) < 4.78 is 44.5. The fourth-order valence-electron chi connectivity index (χ4n) is 1.65. The average Bonchev–Trinajstić information content (AvgIpc) is 2.27. The number of anilines is 1. The maximum atomic E-state index is 13.9. The summed E-state index contributed by atoms with van der Waals surface area (Å²) in [5.41, 5.74) is 3.92. The summed E-state index contributed by atoms with van der Waals surface area (Å²) in [5.74, 6) is -1.06. The standard InChI is InChI=1S/C14H19F3N2O2/c1-7(18)9-5-8(6-10(11(9)15)12(16)17)19-13(20)21-14(2,3)4/h5-7,12H,18H2,1-4H3,(H,19,20). The molecule has 0 saturated carbocycles. The van der Waals surface area contributed by atoms with Crippen LogP contribution < -0.4 is 11.1 Å². The van der Waals surface area contributed by atoms with Crippen molar-refractivity contribution in [3.63, 3.8) is 0 Å². The minimum Gasteiger partial charge on any atom is -0.444 e. The largest absolute Gasteiger partial charge is 0.444 e. The van der Waals surface area contributed by atoms with Crippen LogP contribution in [-0.2, 0) is 4.74 Å². The Kier molecular flexibility index (Phi) is 5.22. The van der Waals surface area contributed by atoms with Gasteiger partial charge in [0.05, 0.1) is 5.56 Å². The van der Waals surface area contributed by atoms with Crippen LogP contribution in [0.5, 0.6) is 0 Å². The molecule has 0 aliphatic carbocycles. The number of amides is 1. The monoisotopic (exact) mass is 304 g/mol. The molecule has 1 aromatic carbocycles. The minimum absolute atomic E-state index is 0.00764. The third kappa shape index (κ3) is 4.93. The molecule has 0 heterocycles. The highest BCUT2D eigenvalue weighted by Crippen LogP contribution is 2.30. The number of nitrogens with two attached hydrogens (primary N) is 1. The number of ether oxygens (including phenoxy) is 1. The molecule has 3 N–H and O–H groups in total. The molecule has 4 nitrogen and oxygen atoms in total. The van der Waals surface area contributed by atoms with Crippen molar-refractivity contribution in [2.24, 2.45) is 5.73 Å². The van der Waals surface area contributed by atoms with Crippen molar-refractivity contribution in [2.75, 3.05) is 5.32 Å². The molecule has 1 rings (SSSR count). The van der Waals surface area contributed by atoms with E-state index in [1.165, 1.54) is 13.0 Å². The molecule has 1 unspecified atom stereocenters. The third-order valence-corrected chi connectivity index (χ3v) is 2.50. The van der Waals surface area contributed by atoms with E-state index in [9.17, 15) is 18.0 Å². The first-order valence-corrected chi connectivity index (χ1v) is 6.38. The Bertz CT molecular complexity index is 496. The molecule has 118 valence electrons. The lowest BCUT2D eigenvalue weighted by atomic mass is 10.0. The molecule has 0 spiro atoms. The molecule has 0 radical (unpaired) electrons. The van der Waals surface area contributed by atoms with Crippen molar-refractivity contribution in [2.45, 2.75) is 45.8 Å². The number of nitrogens with one attached hydrogen (secondary N) is 1. The normalized spacial score (nSPS) is 13.2. The van der Waals surface area contributed by atoms with E-state index >= 15 is 0 Å². The predicted octanol–water partition coefficient (Wildman–Crippen LogP) is 4.13. The number of benzene rings is 1. The topological polar surface area (TPSA) is 64.3 Å². The van der Waals surface area contributed by atoms with Crippen LogP contribution in [0.1, 0.15) is 51.3 Å². The van der Waals surface area contributed by atoms with Crippen LogP contribution in [0.4, 0.5) is 23.7 Å². The Morgan fingerprint density at radius 2 is 1.81 bits per heavy atom. The second-order valence-electron chi connectivity index (χ2n) is 5.68. The molecular weight excluding hydrogens is 285 g/mol. The van der Waals surface area contributed by atoms with Crippen molar-refractivity contribution in [1.82, 2.24) is 0 Å². The lowest BCUT2D eigenvalue weighted by molar-refractivity contribution is 0.0635. The highest BCUT2D eigenvalue weighted by Gasteiger charge is 2.22. The number of halogens is 3. The molecule has 0 aliphatic rings. The van der Waals surface area contributed by atoms with E-state index in [0.29, 0.717) is 0 Å². The van der Waals surface area contributed by atoms with Gasteiger partial charge in [-0.1, -0.05) is 0 Å². The molecule has 0 aliphatic heterocycles. The Morgan fingerprint density at radius 1 is 1.29 bits per heavy atom. The van der Waals surface area contributed by atoms with Crippen molar-refractivity contribution in [1.29, 1.82) is 0 Å². The zero-order valence-electron chi connectivity index (χ0n) is 12.3. The molecule has 0 saturated heterocycles. The molecule has 7 heteroatoms. The van der Waals surface area contributed by atoms with E-state index in [1.54, 1.807) is 20.8 Å². The first kappa shape index (κ1) is 17.3. The molecule has 21 heavy (non-hydrogen) atoms. The number of alkyl halides is 2. The maximum Gasteiger partial charge on any atom is 0.412 e. The van der Waals surface area contributed by atoms with E-state index in [1.807, 2.05) is 0 Å². The predicted molar refractivity (Wildman–Crippen MR) is 73.8 cm³/mol. The smallest absolute Gasteiger partial charge is 0.412 e. The lowest BCUT2D eigenvalue weighted by Crippen LogP contribution is -2.27. The van der Waals surface area contributed by atoms with Gasteiger partial charge >= 0.3 is 6.09 Å². The summed E-state index contributed by atoms with van der Waals surface area (Å²) in [4.78, 5) is 11.6. The number of carbonyl (C=O) groups is 1. The maximum absolute atomic E-state index is 13.9. The molecule has 0 bridgehead atoms. The van der Waals surface area contributed by atoms with Crippen molar-refractivity contribution < 1.29 is 22.7 Å². The molecule has 1 atom stereocenters. The van der Waals surface area contributed by atoms with E-state index in [-0.39, 0.29) is 11.3 Å². The number of rotatable bonds is 3. The van der Waals surface area contributed by atoms with Gasteiger partial charge in [0.1, 0.15) is 11.4 Å². The van der Waals surface area contributed by atoms with Crippen LogP contribution >= 0.6 is 0 Å². The van der Waals surface area contributed by atoms with Gasteiger partial charge in [-0.15, -0.1) is 0 Å². The van der Waals surface area contributed by atoms with Gasteiger partial charge in [-0.3, -0.25) is 5.32 Å².